The summed E-state index contributed by atoms with van der Waals surface area (Å²) >= 11 is 14.1. The van der Waals surface area contributed by atoms with E-state index in [1.807, 2.05) is 6.07 Å². The molecule has 1 atom stereocenters. The molecule has 2 aliphatic rings. The minimum absolute atomic E-state index is 0.116. The second kappa shape index (κ2) is 8.94. The van der Waals surface area contributed by atoms with Crippen LogP contribution in [0.5, 0.6) is 11.5 Å². The van der Waals surface area contributed by atoms with Crippen LogP contribution in [0.4, 0.5) is 0 Å². The van der Waals surface area contributed by atoms with E-state index in [2.05, 4.69) is 4.99 Å². The summed E-state index contributed by atoms with van der Waals surface area (Å²) in [5, 5.41) is 0.846. The van der Waals surface area contributed by atoms with Crippen LogP contribution in [0.2, 0.25) is 10.0 Å². The molecule has 0 unspecified atom stereocenters. The summed E-state index contributed by atoms with van der Waals surface area (Å²) in [4.78, 5) is 31.6. The van der Waals surface area contributed by atoms with Crippen molar-refractivity contribution in [2.24, 2.45) is 4.99 Å². The quantitative estimate of drug-likeness (QED) is 0.492. The van der Waals surface area contributed by atoms with Crippen LogP contribution in [0.3, 0.4) is 0 Å². The third-order valence-electron chi connectivity index (χ3n) is 5.50. The van der Waals surface area contributed by atoms with Crippen molar-refractivity contribution in [2.45, 2.75) is 19.9 Å². The molecular weight excluding hydrogens is 499 g/mol. The lowest BCUT2D eigenvalue weighted by Gasteiger charge is -2.25. The van der Waals surface area contributed by atoms with Gasteiger partial charge in [0.2, 0.25) is 6.79 Å². The van der Waals surface area contributed by atoms with E-state index in [0.717, 1.165) is 0 Å². The molecule has 3 aromatic rings. The highest BCUT2D eigenvalue weighted by atomic mass is 35.5. The summed E-state index contributed by atoms with van der Waals surface area (Å²) in [5.74, 6) is 0.566. The van der Waals surface area contributed by atoms with Gasteiger partial charge in [0.25, 0.3) is 5.56 Å². The van der Waals surface area contributed by atoms with E-state index in [1.54, 1.807) is 50.3 Å². The molecule has 174 valence electrons. The van der Waals surface area contributed by atoms with E-state index >= 15 is 0 Å². The maximum absolute atomic E-state index is 13.7. The normalized spacial score (nSPS) is 16.9. The minimum Gasteiger partial charge on any atom is -0.463 e. The molecule has 0 fully saturated rings. The minimum atomic E-state index is -0.779. The van der Waals surface area contributed by atoms with Gasteiger partial charge in [-0.2, -0.15) is 0 Å². The molecule has 2 aliphatic heterocycles. The van der Waals surface area contributed by atoms with Crippen LogP contribution in [-0.2, 0) is 9.53 Å². The first kappa shape index (κ1) is 22.7. The number of aromatic nitrogens is 1. The highest BCUT2D eigenvalue weighted by molar-refractivity contribution is 7.07. The van der Waals surface area contributed by atoms with Crippen molar-refractivity contribution in [3.05, 3.63) is 88.5 Å². The first-order valence-electron chi connectivity index (χ1n) is 10.4. The summed E-state index contributed by atoms with van der Waals surface area (Å²) in [7, 11) is 0. The van der Waals surface area contributed by atoms with Crippen molar-refractivity contribution < 1.29 is 19.0 Å². The van der Waals surface area contributed by atoms with E-state index in [0.29, 0.717) is 47.7 Å². The van der Waals surface area contributed by atoms with Gasteiger partial charge >= 0.3 is 5.97 Å². The zero-order valence-electron chi connectivity index (χ0n) is 18.1. The standard InChI is InChI=1S/C24H18Cl2N2O5S/c1-3-31-23(30)20-12(2)27-24-28(21(20)14-6-4-5-7-15(14)25)22(29)19(34-24)9-13-8-17-18(10-16(13)26)33-11-32-17/h4-10,21H,3,11H2,1-2H3/b19-9-/t21-/m1/s1. The van der Waals surface area contributed by atoms with Crippen molar-refractivity contribution >= 4 is 46.6 Å². The molecule has 0 saturated heterocycles. The fraction of sp³-hybridized carbons (Fsp3) is 0.208. The van der Waals surface area contributed by atoms with Gasteiger partial charge in [0.15, 0.2) is 16.3 Å². The number of rotatable bonds is 4. The second-order valence-corrected chi connectivity index (χ2v) is 9.37. The lowest BCUT2D eigenvalue weighted by Crippen LogP contribution is -2.40. The molecular formula is C24H18Cl2N2O5S. The summed E-state index contributed by atoms with van der Waals surface area (Å²) in [5.41, 5.74) is 1.63. The summed E-state index contributed by atoms with van der Waals surface area (Å²) in [6.07, 6.45) is 1.68. The third kappa shape index (κ3) is 3.81. The molecule has 0 saturated carbocycles. The number of benzene rings is 2. The van der Waals surface area contributed by atoms with Crippen molar-refractivity contribution in [1.29, 1.82) is 0 Å². The smallest absolute Gasteiger partial charge is 0.338 e. The Balaban J connectivity index is 1.73. The van der Waals surface area contributed by atoms with Gasteiger partial charge in [-0.15, -0.1) is 0 Å². The maximum Gasteiger partial charge on any atom is 0.338 e. The van der Waals surface area contributed by atoms with Gasteiger partial charge in [0, 0.05) is 11.1 Å². The van der Waals surface area contributed by atoms with Crippen LogP contribution < -0.4 is 24.4 Å². The van der Waals surface area contributed by atoms with Crippen molar-refractivity contribution in [3.63, 3.8) is 0 Å². The maximum atomic E-state index is 13.7. The Morgan fingerprint density at radius 1 is 1.24 bits per heavy atom. The Hall–Kier alpha value is -3.07. The molecule has 1 aromatic heterocycles. The Bertz CT molecular complexity index is 1540. The topological polar surface area (TPSA) is 79.1 Å². The van der Waals surface area contributed by atoms with Crippen LogP contribution in [0.15, 0.2) is 57.5 Å². The number of carbonyl (C=O) groups excluding carboxylic acids is 1. The molecule has 0 spiro atoms. The van der Waals surface area contributed by atoms with Gasteiger partial charge in [-0.05, 0) is 43.2 Å². The van der Waals surface area contributed by atoms with Crippen LogP contribution >= 0.6 is 34.5 Å². The number of carbonyl (C=O) groups is 1. The van der Waals surface area contributed by atoms with E-state index in [4.69, 9.17) is 37.4 Å². The molecule has 3 heterocycles. The van der Waals surface area contributed by atoms with Crippen LogP contribution in [0, 0.1) is 0 Å². The van der Waals surface area contributed by atoms with Gasteiger partial charge < -0.3 is 14.2 Å². The number of esters is 1. The molecule has 5 rings (SSSR count). The van der Waals surface area contributed by atoms with Gasteiger partial charge in [0.05, 0.1) is 27.4 Å². The largest absolute Gasteiger partial charge is 0.463 e. The number of fused-ring (bicyclic) bond motifs is 2. The van der Waals surface area contributed by atoms with Crippen LogP contribution in [-0.4, -0.2) is 23.9 Å². The Kier molecular flexibility index (Phi) is 5.97. The highest BCUT2D eigenvalue weighted by Crippen LogP contribution is 2.37. The Morgan fingerprint density at radius 3 is 2.71 bits per heavy atom. The van der Waals surface area contributed by atoms with Gasteiger partial charge in [0.1, 0.15) is 6.04 Å². The first-order chi connectivity index (χ1) is 16.4. The average Bonchev–Trinajstić information content (AvgIpc) is 3.37. The highest BCUT2D eigenvalue weighted by Gasteiger charge is 2.34. The second-order valence-electron chi connectivity index (χ2n) is 7.55. The number of thiazole rings is 1. The lowest BCUT2D eigenvalue weighted by atomic mass is 9.96. The third-order valence-corrected chi connectivity index (χ3v) is 7.15. The molecule has 0 bridgehead atoms. The van der Waals surface area contributed by atoms with Crippen LogP contribution in [0.1, 0.15) is 31.0 Å². The van der Waals surface area contributed by atoms with Gasteiger partial charge in [-0.3, -0.25) is 9.36 Å². The molecule has 0 amide bonds. The molecule has 2 aromatic carbocycles. The number of hydrogen-bond donors (Lipinski definition) is 0. The number of nitrogens with zero attached hydrogens (tertiary/aromatic N) is 2. The molecule has 0 radical (unpaired) electrons. The van der Waals surface area contributed by atoms with Crippen molar-refractivity contribution in [2.75, 3.05) is 13.4 Å². The van der Waals surface area contributed by atoms with E-state index < -0.39 is 12.0 Å². The molecule has 34 heavy (non-hydrogen) atoms. The molecule has 7 nitrogen and oxygen atoms in total. The van der Waals surface area contributed by atoms with E-state index in [-0.39, 0.29) is 24.5 Å². The summed E-state index contributed by atoms with van der Waals surface area (Å²) in [6, 6.07) is 9.71. The lowest BCUT2D eigenvalue weighted by molar-refractivity contribution is -0.139. The molecule has 0 N–H and O–H groups in total. The van der Waals surface area contributed by atoms with Gasteiger partial charge in [-0.1, -0.05) is 52.7 Å². The van der Waals surface area contributed by atoms with Crippen molar-refractivity contribution in [1.82, 2.24) is 4.57 Å². The fourth-order valence-electron chi connectivity index (χ4n) is 3.97. The zero-order valence-corrected chi connectivity index (χ0v) is 20.5. The van der Waals surface area contributed by atoms with Crippen molar-refractivity contribution in [3.8, 4) is 11.5 Å². The fourth-order valence-corrected chi connectivity index (χ4v) is 5.45. The average molecular weight is 517 g/mol. The summed E-state index contributed by atoms with van der Waals surface area (Å²) < 4.78 is 18.0. The number of allylic oxidation sites excluding steroid dienone is 1. The Labute approximate surface area is 208 Å². The molecule has 10 heteroatoms. The summed E-state index contributed by atoms with van der Waals surface area (Å²) in [6.45, 7) is 3.76. The Morgan fingerprint density at radius 2 is 1.97 bits per heavy atom. The number of ether oxygens (including phenoxy) is 3. The van der Waals surface area contributed by atoms with E-state index in [9.17, 15) is 9.59 Å². The number of hydrogen-bond acceptors (Lipinski definition) is 7. The monoisotopic (exact) mass is 516 g/mol. The zero-order chi connectivity index (χ0) is 24.0. The first-order valence-corrected chi connectivity index (χ1v) is 12.0. The predicted octanol–water partition coefficient (Wildman–Crippen LogP) is 3.83. The van der Waals surface area contributed by atoms with Gasteiger partial charge in [-0.25, -0.2) is 9.79 Å². The predicted molar refractivity (Wildman–Crippen MR) is 129 cm³/mol. The SMILES string of the molecule is CCOC(=O)C1=C(C)N=c2s/c(=C\c3cc4c(cc3Cl)OCO4)c(=O)n2[C@@H]1c1ccccc1Cl. The van der Waals surface area contributed by atoms with Crippen LogP contribution in [0.25, 0.3) is 6.08 Å². The van der Waals surface area contributed by atoms with E-state index in [1.165, 1.54) is 15.9 Å². The number of halogens is 2. The molecule has 0 aliphatic carbocycles.